The van der Waals surface area contributed by atoms with E-state index in [1.54, 1.807) is 0 Å². The second kappa shape index (κ2) is 5.92. The smallest absolute Gasteiger partial charge is 0.00472 e. The number of nitrogens with one attached hydrogen (secondary N) is 1. The molecule has 0 radical (unpaired) electrons. The van der Waals surface area contributed by atoms with Gasteiger partial charge in [0.2, 0.25) is 0 Å². The second-order valence-corrected chi connectivity index (χ2v) is 7.38. The third-order valence-electron chi connectivity index (χ3n) is 5.31. The third kappa shape index (κ3) is 3.71. The van der Waals surface area contributed by atoms with Crippen LogP contribution < -0.4 is 5.32 Å². The molecule has 2 atom stereocenters. The number of hydrogen-bond donors (Lipinski definition) is 1. The predicted molar refractivity (Wildman–Crippen MR) is 78.8 cm³/mol. The van der Waals surface area contributed by atoms with E-state index in [-0.39, 0.29) is 0 Å². The van der Waals surface area contributed by atoms with Gasteiger partial charge in [-0.2, -0.15) is 0 Å². The average Bonchev–Trinajstić information content (AvgIpc) is 2.99. The van der Waals surface area contributed by atoms with Gasteiger partial charge >= 0.3 is 0 Å². The van der Waals surface area contributed by atoms with E-state index in [0.717, 1.165) is 17.8 Å². The van der Waals surface area contributed by atoms with Gasteiger partial charge in [0, 0.05) is 19.6 Å². The van der Waals surface area contributed by atoms with Crippen LogP contribution in [0.25, 0.3) is 0 Å². The molecule has 0 aliphatic heterocycles. The molecule has 2 saturated carbocycles. The summed E-state index contributed by atoms with van der Waals surface area (Å²) in [4.78, 5) is 2.61. The summed E-state index contributed by atoms with van der Waals surface area (Å²) in [7, 11) is 4.45. The van der Waals surface area contributed by atoms with Crippen LogP contribution in [0.3, 0.4) is 0 Å². The van der Waals surface area contributed by atoms with Crippen molar-refractivity contribution in [3.63, 3.8) is 0 Å². The fourth-order valence-corrected chi connectivity index (χ4v) is 3.83. The number of nitrogens with zero attached hydrogens (tertiary/aromatic N) is 1. The molecule has 2 heteroatoms. The normalized spacial score (nSPS) is 40.2. The summed E-state index contributed by atoms with van der Waals surface area (Å²) in [6, 6.07) is 0. The summed E-state index contributed by atoms with van der Waals surface area (Å²) in [6.45, 7) is 8.62. The highest BCUT2D eigenvalue weighted by Gasteiger charge is 2.37. The van der Waals surface area contributed by atoms with E-state index in [1.807, 2.05) is 0 Å². The zero-order valence-corrected chi connectivity index (χ0v) is 12.8. The van der Waals surface area contributed by atoms with Gasteiger partial charge in [-0.1, -0.05) is 26.7 Å². The molecule has 2 aliphatic rings. The summed E-state index contributed by atoms with van der Waals surface area (Å²) in [5, 5.41) is 3.45. The minimum Gasteiger partial charge on any atom is -0.319 e. The molecule has 2 fully saturated rings. The SMILES string of the molecule is CNCC1(CN(C)CC2CC2C)CCC(C)CC1. The summed E-state index contributed by atoms with van der Waals surface area (Å²) in [5.41, 5.74) is 0.550. The van der Waals surface area contributed by atoms with Crippen molar-refractivity contribution in [2.75, 3.05) is 33.7 Å². The van der Waals surface area contributed by atoms with Gasteiger partial charge in [-0.3, -0.25) is 0 Å². The molecular weight excluding hydrogens is 220 g/mol. The zero-order valence-electron chi connectivity index (χ0n) is 12.8. The van der Waals surface area contributed by atoms with E-state index in [2.05, 4.69) is 38.2 Å². The first-order valence-corrected chi connectivity index (χ1v) is 7.88. The van der Waals surface area contributed by atoms with Crippen LogP contribution >= 0.6 is 0 Å². The van der Waals surface area contributed by atoms with Crippen molar-refractivity contribution >= 4 is 0 Å². The fraction of sp³-hybridized carbons (Fsp3) is 1.00. The quantitative estimate of drug-likeness (QED) is 0.782. The molecule has 0 aromatic heterocycles. The second-order valence-electron chi connectivity index (χ2n) is 7.38. The van der Waals surface area contributed by atoms with Gasteiger partial charge in [-0.25, -0.2) is 0 Å². The van der Waals surface area contributed by atoms with E-state index in [1.165, 1.54) is 51.7 Å². The fourth-order valence-electron chi connectivity index (χ4n) is 3.83. The van der Waals surface area contributed by atoms with Crippen LogP contribution in [0.4, 0.5) is 0 Å². The lowest BCUT2D eigenvalue weighted by molar-refractivity contribution is 0.0983. The first kappa shape index (κ1) is 14.3. The molecule has 2 nitrogen and oxygen atoms in total. The van der Waals surface area contributed by atoms with Crippen molar-refractivity contribution in [3.05, 3.63) is 0 Å². The maximum Gasteiger partial charge on any atom is 0.00472 e. The Bertz CT molecular complexity index is 256. The number of rotatable bonds is 6. The molecule has 18 heavy (non-hydrogen) atoms. The van der Waals surface area contributed by atoms with Gasteiger partial charge < -0.3 is 10.2 Å². The third-order valence-corrected chi connectivity index (χ3v) is 5.31. The van der Waals surface area contributed by atoms with E-state index < -0.39 is 0 Å². The summed E-state index contributed by atoms with van der Waals surface area (Å²) in [6.07, 6.45) is 7.14. The van der Waals surface area contributed by atoms with Crippen LogP contribution in [0, 0.1) is 23.2 Å². The van der Waals surface area contributed by atoms with Gasteiger partial charge in [0.25, 0.3) is 0 Å². The molecule has 2 aliphatic carbocycles. The monoisotopic (exact) mass is 252 g/mol. The lowest BCUT2D eigenvalue weighted by atomic mass is 9.70. The standard InChI is InChI=1S/C16H32N2/c1-13-5-7-16(8-6-13,11-17-3)12-18(4)10-15-9-14(15)2/h13-15,17H,5-12H2,1-4H3. The highest BCUT2D eigenvalue weighted by Crippen LogP contribution is 2.41. The minimum absolute atomic E-state index is 0.550. The minimum atomic E-state index is 0.550. The maximum atomic E-state index is 3.45. The highest BCUT2D eigenvalue weighted by atomic mass is 15.1. The van der Waals surface area contributed by atoms with Crippen molar-refractivity contribution in [2.45, 2.75) is 46.0 Å². The molecule has 2 unspecified atom stereocenters. The van der Waals surface area contributed by atoms with E-state index >= 15 is 0 Å². The predicted octanol–water partition coefficient (Wildman–Crippen LogP) is 2.99. The molecule has 0 aromatic rings. The van der Waals surface area contributed by atoms with Gasteiger partial charge in [0.15, 0.2) is 0 Å². The molecule has 0 saturated heterocycles. The summed E-state index contributed by atoms with van der Waals surface area (Å²) < 4.78 is 0. The van der Waals surface area contributed by atoms with Crippen molar-refractivity contribution in [2.24, 2.45) is 23.2 Å². The van der Waals surface area contributed by atoms with Crippen molar-refractivity contribution in [1.29, 1.82) is 0 Å². The topological polar surface area (TPSA) is 15.3 Å². The Labute approximate surface area is 114 Å². The summed E-state index contributed by atoms with van der Waals surface area (Å²) >= 11 is 0. The van der Waals surface area contributed by atoms with E-state index in [9.17, 15) is 0 Å². The van der Waals surface area contributed by atoms with Crippen LogP contribution in [-0.2, 0) is 0 Å². The average molecular weight is 252 g/mol. The Morgan fingerprint density at radius 1 is 1.22 bits per heavy atom. The summed E-state index contributed by atoms with van der Waals surface area (Å²) in [5.74, 6) is 2.92. The first-order chi connectivity index (χ1) is 8.54. The molecule has 0 amide bonds. The van der Waals surface area contributed by atoms with Crippen LogP contribution in [0.15, 0.2) is 0 Å². The maximum absolute atomic E-state index is 3.45. The van der Waals surface area contributed by atoms with Crippen LogP contribution in [0.2, 0.25) is 0 Å². The Morgan fingerprint density at radius 2 is 1.83 bits per heavy atom. The van der Waals surface area contributed by atoms with Crippen LogP contribution in [0.1, 0.15) is 46.0 Å². The molecule has 2 rings (SSSR count). The highest BCUT2D eigenvalue weighted by molar-refractivity contribution is 4.91. The largest absolute Gasteiger partial charge is 0.319 e. The Balaban J connectivity index is 1.84. The van der Waals surface area contributed by atoms with Gasteiger partial charge in [-0.05, 0) is 56.5 Å². The molecule has 1 N–H and O–H groups in total. The number of hydrogen-bond acceptors (Lipinski definition) is 2. The van der Waals surface area contributed by atoms with Crippen molar-refractivity contribution < 1.29 is 0 Å². The molecule has 0 bridgehead atoms. The Kier molecular flexibility index (Phi) is 4.71. The molecule has 0 spiro atoms. The Morgan fingerprint density at radius 3 is 2.33 bits per heavy atom. The molecule has 0 heterocycles. The van der Waals surface area contributed by atoms with Crippen molar-refractivity contribution in [3.8, 4) is 0 Å². The lowest BCUT2D eigenvalue weighted by Gasteiger charge is -2.42. The first-order valence-electron chi connectivity index (χ1n) is 7.88. The lowest BCUT2D eigenvalue weighted by Crippen LogP contribution is -2.45. The molecule has 106 valence electrons. The van der Waals surface area contributed by atoms with E-state index in [0.29, 0.717) is 5.41 Å². The zero-order chi connectivity index (χ0) is 13.2. The van der Waals surface area contributed by atoms with Gasteiger partial charge in [-0.15, -0.1) is 0 Å². The van der Waals surface area contributed by atoms with Crippen LogP contribution in [-0.4, -0.2) is 38.6 Å². The Hall–Kier alpha value is -0.0800. The molecule has 0 aromatic carbocycles. The van der Waals surface area contributed by atoms with Gasteiger partial charge in [0.05, 0.1) is 0 Å². The van der Waals surface area contributed by atoms with Gasteiger partial charge in [0.1, 0.15) is 0 Å². The van der Waals surface area contributed by atoms with E-state index in [4.69, 9.17) is 0 Å². The van der Waals surface area contributed by atoms with Crippen molar-refractivity contribution in [1.82, 2.24) is 10.2 Å². The molecular formula is C16H32N2. The van der Waals surface area contributed by atoms with Crippen LogP contribution in [0.5, 0.6) is 0 Å².